The van der Waals surface area contributed by atoms with Crippen molar-refractivity contribution < 1.29 is 4.79 Å². The maximum Gasteiger partial charge on any atom is 0.273 e. The molecule has 1 aliphatic carbocycles. The average molecular weight is 326 g/mol. The number of likely N-dealkylation sites (tertiary alicyclic amines) is 1. The number of thiazole rings is 1. The van der Waals surface area contributed by atoms with Crippen LogP contribution in [0.2, 0.25) is 0 Å². The summed E-state index contributed by atoms with van der Waals surface area (Å²) in [5.41, 5.74) is 1.71. The molecular weight excluding hydrogens is 304 g/mol. The van der Waals surface area contributed by atoms with Gasteiger partial charge in [0.2, 0.25) is 0 Å². The molecule has 2 fully saturated rings. The Balaban J connectivity index is 1.56. The second kappa shape index (κ2) is 6.44. The number of aromatic nitrogens is 1. The summed E-state index contributed by atoms with van der Waals surface area (Å²) in [6.45, 7) is 0.901. The first-order valence-corrected chi connectivity index (χ1v) is 9.53. The lowest BCUT2D eigenvalue weighted by Gasteiger charge is -2.43. The van der Waals surface area contributed by atoms with Gasteiger partial charge >= 0.3 is 0 Å². The van der Waals surface area contributed by atoms with Crippen molar-refractivity contribution in [2.45, 2.75) is 44.6 Å². The zero-order chi connectivity index (χ0) is 15.6. The molecule has 23 heavy (non-hydrogen) atoms. The quantitative estimate of drug-likeness (QED) is 0.808. The molecule has 1 aromatic heterocycles. The maximum atomic E-state index is 13.0. The third-order valence-electron chi connectivity index (χ3n) is 5.25. The molecule has 4 heteroatoms. The third-order valence-corrected chi connectivity index (χ3v) is 6.14. The predicted octanol–water partition coefficient (Wildman–Crippen LogP) is 4.60. The number of fused-ring (bicyclic) bond motifs is 1. The van der Waals surface area contributed by atoms with Crippen LogP contribution in [0.15, 0.2) is 35.7 Å². The lowest BCUT2D eigenvalue weighted by atomic mass is 9.78. The molecule has 0 spiro atoms. The number of amides is 1. The highest BCUT2D eigenvalue weighted by molar-refractivity contribution is 7.13. The molecule has 2 heterocycles. The standard InChI is InChI=1S/C19H22N2OS/c22-19(21-12-6-10-14-7-4-5-11-17(14)21)16-13-23-18(20-16)15-8-2-1-3-9-15/h1-3,8-9,13-14,17H,4-7,10-12H2/t14-,17+/m1/s1. The Morgan fingerprint density at radius 3 is 2.74 bits per heavy atom. The molecule has 3 nitrogen and oxygen atoms in total. The minimum absolute atomic E-state index is 0.139. The van der Waals surface area contributed by atoms with E-state index in [1.165, 1.54) is 32.1 Å². The van der Waals surface area contributed by atoms with Gasteiger partial charge in [-0.15, -0.1) is 11.3 Å². The Morgan fingerprint density at radius 1 is 1.09 bits per heavy atom. The Labute approximate surface area is 141 Å². The molecule has 1 aliphatic heterocycles. The van der Waals surface area contributed by atoms with Crippen molar-refractivity contribution in [3.8, 4) is 10.6 Å². The zero-order valence-electron chi connectivity index (χ0n) is 13.3. The first-order valence-electron chi connectivity index (χ1n) is 8.65. The highest BCUT2D eigenvalue weighted by Gasteiger charge is 2.36. The molecular formula is C19H22N2OS. The summed E-state index contributed by atoms with van der Waals surface area (Å²) < 4.78 is 0. The van der Waals surface area contributed by atoms with Gasteiger partial charge in [-0.2, -0.15) is 0 Å². The molecule has 0 bridgehead atoms. The second-order valence-electron chi connectivity index (χ2n) is 6.66. The number of carbonyl (C=O) groups is 1. The Kier molecular flexibility index (Phi) is 4.17. The van der Waals surface area contributed by atoms with Crippen molar-refractivity contribution in [2.24, 2.45) is 5.92 Å². The van der Waals surface area contributed by atoms with E-state index in [9.17, 15) is 4.79 Å². The van der Waals surface area contributed by atoms with E-state index in [0.29, 0.717) is 17.7 Å². The first kappa shape index (κ1) is 14.9. The molecule has 0 N–H and O–H groups in total. The number of benzene rings is 1. The van der Waals surface area contributed by atoms with E-state index in [-0.39, 0.29) is 5.91 Å². The second-order valence-corrected chi connectivity index (χ2v) is 7.51. The number of carbonyl (C=O) groups excluding carboxylic acids is 1. The van der Waals surface area contributed by atoms with Crippen molar-refractivity contribution in [3.63, 3.8) is 0 Å². The van der Waals surface area contributed by atoms with Gasteiger partial charge in [0, 0.05) is 23.5 Å². The molecule has 1 amide bonds. The molecule has 1 saturated carbocycles. The van der Waals surface area contributed by atoms with Crippen LogP contribution < -0.4 is 0 Å². The van der Waals surface area contributed by atoms with Gasteiger partial charge in [0.1, 0.15) is 10.7 Å². The van der Waals surface area contributed by atoms with Crippen LogP contribution in [0.5, 0.6) is 0 Å². The highest BCUT2D eigenvalue weighted by atomic mass is 32.1. The fraction of sp³-hybridized carbons (Fsp3) is 0.474. The Bertz CT molecular complexity index is 680. The lowest BCUT2D eigenvalue weighted by molar-refractivity contribution is 0.0386. The lowest BCUT2D eigenvalue weighted by Crippen LogP contribution is -2.49. The summed E-state index contributed by atoms with van der Waals surface area (Å²) in [5.74, 6) is 0.855. The normalized spacial score (nSPS) is 24.3. The van der Waals surface area contributed by atoms with Gasteiger partial charge in [0.25, 0.3) is 5.91 Å². The Morgan fingerprint density at radius 2 is 1.87 bits per heavy atom. The van der Waals surface area contributed by atoms with Gasteiger partial charge in [-0.3, -0.25) is 4.79 Å². The number of rotatable bonds is 2. The van der Waals surface area contributed by atoms with E-state index in [4.69, 9.17) is 0 Å². The molecule has 2 aromatic rings. The molecule has 2 atom stereocenters. The SMILES string of the molecule is O=C(c1csc(-c2ccccc2)n1)N1CCC[C@H]2CCCC[C@@H]21. The molecule has 0 unspecified atom stereocenters. The van der Waals surface area contributed by atoms with Crippen LogP contribution in [-0.4, -0.2) is 28.4 Å². The smallest absolute Gasteiger partial charge is 0.273 e. The van der Waals surface area contributed by atoms with Crippen molar-refractivity contribution >= 4 is 17.2 Å². The predicted molar refractivity (Wildman–Crippen MR) is 93.6 cm³/mol. The molecule has 120 valence electrons. The van der Waals surface area contributed by atoms with Crippen LogP contribution in [0.4, 0.5) is 0 Å². The van der Waals surface area contributed by atoms with Crippen molar-refractivity contribution in [2.75, 3.05) is 6.54 Å². The molecule has 0 radical (unpaired) electrons. The number of hydrogen-bond donors (Lipinski definition) is 0. The van der Waals surface area contributed by atoms with Crippen LogP contribution in [-0.2, 0) is 0 Å². The van der Waals surface area contributed by atoms with Gasteiger partial charge in [0.05, 0.1) is 0 Å². The van der Waals surface area contributed by atoms with Crippen LogP contribution in [0.25, 0.3) is 10.6 Å². The first-order chi connectivity index (χ1) is 11.3. The minimum atomic E-state index is 0.139. The zero-order valence-corrected chi connectivity index (χ0v) is 14.1. The van der Waals surface area contributed by atoms with E-state index in [1.807, 2.05) is 35.7 Å². The van der Waals surface area contributed by atoms with Crippen molar-refractivity contribution in [1.82, 2.24) is 9.88 Å². The number of hydrogen-bond acceptors (Lipinski definition) is 3. The number of nitrogens with zero attached hydrogens (tertiary/aromatic N) is 2. The highest BCUT2D eigenvalue weighted by Crippen LogP contribution is 2.36. The van der Waals surface area contributed by atoms with Gasteiger partial charge in [-0.05, 0) is 31.6 Å². The van der Waals surface area contributed by atoms with Crippen LogP contribution in [0, 0.1) is 5.92 Å². The molecule has 1 aromatic carbocycles. The summed E-state index contributed by atoms with van der Waals surface area (Å²) >= 11 is 1.57. The summed E-state index contributed by atoms with van der Waals surface area (Å²) in [5, 5.41) is 2.86. The van der Waals surface area contributed by atoms with Crippen LogP contribution in [0.3, 0.4) is 0 Å². The maximum absolute atomic E-state index is 13.0. The topological polar surface area (TPSA) is 33.2 Å². The van der Waals surface area contributed by atoms with Crippen molar-refractivity contribution in [3.05, 3.63) is 41.4 Å². The molecule has 4 rings (SSSR count). The molecule has 1 saturated heterocycles. The van der Waals surface area contributed by atoms with E-state index < -0.39 is 0 Å². The summed E-state index contributed by atoms with van der Waals surface area (Å²) in [4.78, 5) is 19.7. The Hall–Kier alpha value is -1.68. The van der Waals surface area contributed by atoms with E-state index in [1.54, 1.807) is 11.3 Å². The number of piperidine rings is 1. The summed E-state index contributed by atoms with van der Waals surface area (Å²) in [7, 11) is 0. The van der Waals surface area contributed by atoms with E-state index >= 15 is 0 Å². The average Bonchev–Trinajstić information content (AvgIpc) is 3.11. The fourth-order valence-electron chi connectivity index (χ4n) is 4.11. The van der Waals surface area contributed by atoms with Crippen LogP contribution in [0.1, 0.15) is 49.0 Å². The van der Waals surface area contributed by atoms with Gasteiger partial charge < -0.3 is 4.90 Å². The van der Waals surface area contributed by atoms with Gasteiger partial charge in [-0.25, -0.2) is 4.98 Å². The van der Waals surface area contributed by atoms with E-state index in [2.05, 4.69) is 9.88 Å². The molecule has 2 aliphatic rings. The summed E-state index contributed by atoms with van der Waals surface area (Å²) in [6, 6.07) is 10.6. The van der Waals surface area contributed by atoms with Gasteiger partial charge in [-0.1, -0.05) is 43.2 Å². The van der Waals surface area contributed by atoms with Crippen LogP contribution >= 0.6 is 11.3 Å². The van der Waals surface area contributed by atoms with Gasteiger partial charge in [0.15, 0.2) is 0 Å². The van der Waals surface area contributed by atoms with E-state index in [0.717, 1.165) is 23.5 Å². The summed E-state index contributed by atoms with van der Waals surface area (Å²) in [6.07, 6.45) is 7.49. The minimum Gasteiger partial charge on any atom is -0.334 e. The fourth-order valence-corrected chi connectivity index (χ4v) is 4.91. The monoisotopic (exact) mass is 326 g/mol. The third kappa shape index (κ3) is 2.92. The largest absolute Gasteiger partial charge is 0.334 e. The van der Waals surface area contributed by atoms with Crippen molar-refractivity contribution in [1.29, 1.82) is 0 Å².